The summed E-state index contributed by atoms with van der Waals surface area (Å²) in [5.74, 6) is -1.50. The number of ether oxygens (including phenoxy) is 1. The van der Waals surface area contributed by atoms with Crippen LogP contribution in [-0.4, -0.2) is 30.3 Å². The number of carbonyl (C=O) groups excluding carboxylic acids is 1. The van der Waals surface area contributed by atoms with Gasteiger partial charge in [0.25, 0.3) is 5.91 Å². The molecule has 0 saturated heterocycles. The van der Waals surface area contributed by atoms with Crippen LogP contribution in [0.2, 0.25) is 0 Å². The van der Waals surface area contributed by atoms with E-state index in [9.17, 15) is 9.59 Å². The van der Waals surface area contributed by atoms with E-state index in [0.29, 0.717) is 11.1 Å². The van der Waals surface area contributed by atoms with E-state index in [1.807, 2.05) is 6.07 Å². The van der Waals surface area contributed by atoms with Crippen LogP contribution in [0.5, 0.6) is 0 Å². The SMILES string of the molecule is CO[C@@H](C(=O)N/N=C\c1ccccc1C(=O)O)c1ccccc1. The van der Waals surface area contributed by atoms with Gasteiger partial charge in [0.05, 0.1) is 11.8 Å². The van der Waals surface area contributed by atoms with Crippen LogP contribution < -0.4 is 5.43 Å². The quantitative estimate of drug-likeness (QED) is 0.632. The lowest BCUT2D eigenvalue weighted by Crippen LogP contribution is -2.26. The van der Waals surface area contributed by atoms with Gasteiger partial charge in [-0.3, -0.25) is 4.79 Å². The number of nitrogens with one attached hydrogen (secondary N) is 1. The molecular formula is C17H16N2O4. The molecule has 2 aromatic carbocycles. The monoisotopic (exact) mass is 312 g/mol. The molecule has 0 aliphatic carbocycles. The molecule has 0 aromatic heterocycles. The second kappa shape index (κ2) is 7.86. The van der Waals surface area contributed by atoms with Gasteiger partial charge in [-0.2, -0.15) is 5.10 Å². The van der Waals surface area contributed by atoms with Gasteiger partial charge in [0.1, 0.15) is 0 Å². The van der Waals surface area contributed by atoms with Crippen LogP contribution >= 0.6 is 0 Å². The fraction of sp³-hybridized carbons (Fsp3) is 0.118. The van der Waals surface area contributed by atoms with Crippen LogP contribution in [0.3, 0.4) is 0 Å². The van der Waals surface area contributed by atoms with Crippen molar-refractivity contribution in [3.8, 4) is 0 Å². The van der Waals surface area contributed by atoms with Gasteiger partial charge in [-0.15, -0.1) is 0 Å². The Morgan fingerprint density at radius 3 is 2.43 bits per heavy atom. The summed E-state index contributed by atoms with van der Waals surface area (Å²) in [5.41, 5.74) is 3.57. The first-order valence-corrected chi connectivity index (χ1v) is 6.86. The first-order chi connectivity index (χ1) is 11.1. The molecule has 0 radical (unpaired) electrons. The molecule has 0 aliphatic rings. The summed E-state index contributed by atoms with van der Waals surface area (Å²) >= 11 is 0. The fourth-order valence-corrected chi connectivity index (χ4v) is 2.05. The number of hydrogen-bond donors (Lipinski definition) is 2. The smallest absolute Gasteiger partial charge is 0.336 e. The molecule has 1 atom stereocenters. The number of carbonyl (C=O) groups is 2. The van der Waals surface area contributed by atoms with Gasteiger partial charge in [0, 0.05) is 12.7 Å². The Hall–Kier alpha value is -2.99. The maximum atomic E-state index is 12.1. The highest BCUT2D eigenvalue weighted by Crippen LogP contribution is 2.16. The lowest BCUT2D eigenvalue weighted by Gasteiger charge is -2.13. The minimum absolute atomic E-state index is 0.108. The largest absolute Gasteiger partial charge is 0.478 e. The number of carboxylic acids is 1. The summed E-state index contributed by atoms with van der Waals surface area (Å²) in [6.07, 6.45) is 0.502. The standard InChI is InChI=1S/C17H16N2O4/c1-23-15(12-7-3-2-4-8-12)16(20)19-18-11-13-9-5-6-10-14(13)17(21)22/h2-11,15H,1H3,(H,19,20)(H,21,22)/b18-11-/t15-/m1/s1. The number of benzene rings is 2. The van der Waals surface area contributed by atoms with Crippen molar-refractivity contribution in [2.45, 2.75) is 6.10 Å². The maximum absolute atomic E-state index is 12.1. The highest BCUT2D eigenvalue weighted by atomic mass is 16.5. The van der Waals surface area contributed by atoms with E-state index in [1.165, 1.54) is 19.4 Å². The Morgan fingerprint density at radius 2 is 1.78 bits per heavy atom. The molecule has 2 N–H and O–H groups in total. The van der Waals surface area contributed by atoms with Gasteiger partial charge in [0.15, 0.2) is 6.10 Å². The number of carboxylic acid groups (broad SMARTS) is 1. The van der Waals surface area contributed by atoms with Crippen molar-refractivity contribution in [2.24, 2.45) is 5.10 Å². The Balaban J connectivity index is 2.08. The van der Waals surface area contributed by atoms with Gasteiger partial charge in [-0.05, 0) is 11.6 Å². The van der Waals surface area contributed by atoms with Crippen molar-refractivity contribution >= 4 is 18.1 Å². The second-order valence-electron chi connectivity index (χ2n) is 4.65. The Morgan fingerprint density at radius 1 is 1.13 bits per heavy atom. The molecule has 23 heavy (non-hydrogen) atoms. The molecule has 0 spiro atoms. The molecule has 6 heteroatoms. The van der Waals surface area contributed by atoms with E-state index in [1.54, 1.807) is 42.5 Å². The summed E-state index contributed by atoms with van der Waals surface area (Å²) < 4.78 is 5.18. The lowest BCUT2D eigenvalue weighted by molar-refractivity contribution is -0.131. The minimum Gasteiger partial charge on any atom is -0.478 e. The van der Waals surface area contributed by atoms with Crippen molar-refractivity contribution in [2.75, 3.05) is 7.11 Å². The summed E-state index contributed by atoms with van der Waals surface area (Å²) in [4.78, 5) is 23.2. The van der Waals surface area contributed by atoms with E-state index < -0.39 is 18.0 Å². The van der Waals surface area contributed by atoms with Crippen LogP contribution in [0.1, 0.15) is 27.6 Å². The van der Waals surface area contributed by atoms with Crippen LogP contribution in [-0.2, 0) is 9.53 Å². The van der Waals surface area contributed by atoms with Gasteiger partial charge in [0.2, 0.25) is 0 Å². The Labute approximate surface area is 133 Å². The van der Waals surface area contributed by atoms with Crippen molar-refractivity contribution in [1.82, 2.24) is 5.43 Å². The summed E-state index contributed by atoms with van der Waals surface area (Å²) in [6.45, 7) is 0. The molecule has 0 heterocycles. The Kier molecular flexibility index (Phi) is 5.60. The molecule has 0 aliphatic heterocycles. The van der Waals surface area contributed by atoms with Gasteiger partial charge < -0.3 is 9.84 Å². The first kappa shape index (κ1) is 16.4. The third-order valence-corrected chi connectivity index (χ3v) is 3.15. The van der Waals surface area contributed by atoms with E-state index in [2.05, 4.69) is 10.5 Å². The number of amides is 1. The van der Waals surface area contributed by atoms with E-state index >= 15 is 0 Å². The molecule has 0 bridgehead atoms. The number of methoxy groups -OCH3 is 1. The highest BCUT2D eigenvalue weighted by molar-refractivity contribution is 5.98. The van der Waals surface area contributed by atoms with Gasteiger partial charge >= 0.3 is 5.97 Å². The molecule has 118 valence electrons. The van der Waals surface area contributed by atoms with Crippen LogP contribution in [0.25, 0.3) is 0 Å². The van der Waals surface area contributed by atoms with Gasteiger partial charge in [-0.1, -0.05) is 48.5 Å². The normalized spacial score (nSPS) is 12.0. The first-order valence-electron chi connectivity index (χ1n) is 6.86. The highest BCUT2D eigenvalue weighted by Gasteiger charge is 2.19. The van der Waals surface area contributed by atoms with E-state index in [4.69, 9.17) is 9.84 Å². The number of hydrazone groups is 1. The van der Waals surface area contributed by atoms with Gasteiger partial charge in [-0.25, -0.2) is 10.2 Å². The average Bonchev–Trinajstić information content (AvgIpc) is 2.57. The molecular weight excluding hydrogens is 296 g/mol. The number of nitrogens with zero attached hydrogens (tertiary/aromatic N) is 1. The molecule has 1 amide bonds. The topological polar surface area (TPSA) is 88.0 Å². The molecule has 0 fully saturated rings. The van der Waals surface area contributed by atoms with Crippen LogP contribution in [0, 0.1) is 0 Å². The number of rotatable bonds is 6. The summed E-state index contributed by atoms with van der Waals surface area (Å²) in [6, 6.07) is 15.4. The number of hydrogen-bond acceptors (Lipinski definition) is 4. The lowest BCUT2D eigenvalue weighted by atomic mass is 10.1. The third-order valence-electron chi connectivity index (χ3n) is 3.15. The van der Waals surface area contributed by atoms with Crippen molar-refractivity contribution in [3.05, 3.63) is 71.3 Å². The van der Waals surface area contributed by atoms with Crippen molar-refractivity contribution < 1.29 is 19.4 Å². The average molecular weight is 312 g/mol. The Bertz CT molecular complexity index is 714. The molecule has 0 saturated carbocycles. The number of aromatic carboxylic acids is 1. The van der Waals surface area contributed by atoms with Crippen LogP contribution in [0.15, 0.2) is 59.7 Å². The predicted molar refractivity (Wildman–Crippen MR) is 85.3 cm³/mol. The van der Waals surface area contributed by atoms with Crippen LogP contribution in [0.4, 0.5) is 0 Å². The second-order valence-corrected chi connectivity index (χ2v) is 4.65. The minimum atomic E-state index is -1.06. The predicted octanol–water partition coefficient (Wildman–Crippen LogP) is 2.22. The zero-order valence-corrected chi connectivity index (χ0v) is 12.5. The third kappa shape index (κ3) is 4.24. The molecule has 6 nitrogen and oxygen atoms in total. The molecule has 2 aromatic rings. The maximum Gasteiger partial charge on any atom is 0.336 e. The van der Waals surface area contributed by atoms with E-state index in [-0.39, 0.29) is 5.56 Å². The molecule has 2 rings (SSSR count). The zero-order chi connectivity index (χ0) is 16.7. The summed E-state index contributed by atoms with van der Waals surface area (Å²) in [5, 5.41) is 12.9. The fourth-order valence-electron chi connectivity index (χ4n) is 2.05. The van der Waals surface area contributed by atoms with Crippen molar-refractivity contribution in [1.29, 1.82) is 0 Å². The van der Waals surface area contributed by atoms with E-state index in [0.717, 1.165) is 0 Å². The zero-order valence-electron chi connectivity index (χ0n) is 12.5. The molecule has 0 unspecified atom stereocenters. The summed E-state index contributed by atoms with van der Waals surface area (Å²) in [7, 11) is 1.43. The van der Waals surface area contributed by atoms with Crippen molar-refractivity contribution in [3.63, 3.8) is 0 Å².